The molecule has 0 saturated heterocycles. The number of hydrogen-bond donors (Lipinski definition) is 1. The largest absolute Gasteiger partial charge is 0.396 e. The van der Waals surface area contributed by atoms with Crippen molar-refractivity contribution in [2.75, 3.05) is 33.9 Å². The van der Waals surface area contributed by atoms with Crippen molar-refractivity contribution in [3.05, 3.63) is 0 Å². The molecule has 0 saturated carbocycles. The smallest absolute Gasteiger partial charge is 0.0596 e. The van der Waals surface area contributed by atoms with Crippen molar-refractivity contribution in [2.45, 2.75) is 19.4 Å². The Kier molecular flexibility index (Phi) is 6.51. The highest BCUT2D eigenvalue weighted by molar-refractivity contribution is 4.49. The zero-order valence-electron chi connectivity index (χ0n) is 7.71. The third-order valence-corrected chi connectivity index (χ3v) is 1.48. The average Bonchev–Trinajstić information content (AvgIpc) is 1.87. The quantitative estimate of drug-likeness (QED) is 0.609. The average molecular weight is 161 g/mol. The monoisotopic (exact) mass is 161 g/mol. The second-order valence-electron chi connectivity index (χ2n) is 3.00. The number of aliphatic hydroxyl groups is 1. The van der Waals surface area contributed by atoms with Crippen molar-refractivity contribution in [3.8, 4) is 0 Å². The van der Waals surface area contributed by atoms with E-state index in [-0.39, 0.29) is 12.7 Å². The normalized spacial score (nSPS) is 13.9. The molecule has 1 atom stereocenters. The molecule has 0 aliphatic carbocycles. The van der Waals surface area contributed by atoms with E-state index in [1.165, 1.54) is 0 Å². The van der Waals surface area contributed by atoms with Crippen LogP contribution in [0.25, 0.3) is 0 Å². The third-order valence-electron chi connectivity index (χ3n) is 1.48. The van der Waals surface area contributed by atoms with E-state index in [0.717, 1.165) is 19.6 Å². The molecule has 0 spiro atoms. The van der Waals surface area contributed by atoms with Gasteiger partial charge in [0.05, 0.1) is 12.7 Å². The predicted molar refractivity (Wildman–Crippen MR) is 45.7 cm³/mol. The summed E-state index contributed by atoms with van der Waals surface area (Å²) in [6.45, 7) is 3.87. The van der Waals surface area contributed by atoms with Gasteiger partial charge in [-0.15, -0.1) is 0 Å². The van der Waals surface area contributed by atoms with Crippen LogP contribution in [0, 0.1) is 0 Å². The summed E-state index contributed by atoms with van der Waals surface area (Å²) in [4.78, 5) is 2.08. The molecule has 1 unspecified atom stereocenters. The van der Waals surface area contributed by atoms with E-state index >= 15 is 0 Å². The van der Waals surface area contributed by atoms with Crippen LogP contribution in [-0.2, 0) is 4.74 Å². The molecule has 0 aromatic rings. The number of rotatable bonds is 6. The van der Waals surface area contributed by atoms with Crippen molar-refractivity contribution >= 4 is 0 Å². The highest BCUT2D eigenvalue weighted by atomic mass is 16.5. The third kappa shape index (κ3) is 7.78. The van der Waals surface area contributed by atoms with Crippen LogP contribution in [0.2, 0.25) is 0 Å². The molecule has 0 bridgehead atoms. The number of ether oxygens (including phenoxy) is 1. The van der Waals surface area contributed by atoms with Gasteiger partial charge in [-0.25, -0.2) is 0 Å². The second kappa shape index (κ2) is 6.58. The van der Waals surface area contributed by atoms with E-state index in [4.69, 9.17) is 9.84 Å². The fourth-order valence-electron chi connectivity index (χ4n) is 0.702. The van der Waals surface area contributed by atoms with Gasteiger partial charge in [-0.1, -0.05) is 0 Å². The molecule has 11 heavy (non-hydrogen) atoms. The number of aliphatic hydroxyl groups excluding tert-OH is 1. The van der Waals surface area contributed by atoms with Gasteiger partial charge in [-0.3, -0.25) is 0 Å². The summed E-state index contributed by atoms with van der Waals surface area (Å²) in [5.41, 5.74) is 0. The van der Waals surface area contributed by atoms with Gasteiger partial charge in [-0.05, 0) is 27.4 Å². The van der Waals surface area contributed by atoms with Crippen LogP contribution in [0.1, 0.15) is 13.3 Å². The lowest BCUT2D eigenvalue weighted by atomic mass is 10.3. The van der Waals surface area contributed by atoms with Gasteiger partial charge in [0.15, 0.2) is 0 Å². The van der Waals surface area contributed by atoms with E-state index < -0.39 is 0 Å². The maximum atomic E-state index is 8.55. The molecule has 68 valence electrons. The standard InChI is InChI=1S/C8H19NO2/c1-8(4-6-10)11-7-5-9(2)3/h8,10H,4-7H2,1-3H3. The Morgan fingerprint density at radius 2 is 2.09 bits per heavy atom. The van der Waals surface area contributed by atoms with Gasteiger partial charge in [0.1, 0.15) is 0 Å². The zero-order valence-corrected chi connectivity index (χ0v) is 7.71. The number of hydrogen-bond acceptors (Lipinski definition) is 3. The maximum absolute atomic E-state index is 8.55. The lowest BCUT2D eigenvalue weighted by Crippen LogP contribution is -2.21. The molecule has 0 aliphatic rings. The SMILES string of the molecule is CC(CCO)OCCN(C)C. The van der Waals surface area contributed by atoms with Crippen LogP contribution in [-0.4, -0.2) is 50.0 Å². The molecule has 0 aromatic heterocycles. The van der Waals surface area contributed by atoms with Gasteiger partial charge >= 0.3 is 0 Å². The first-order valence-electron chi connectivity index (χ1n) is 4.04. The summed E-state index contributed by atoms with van der Waals surface area (Å²) >= 11 is 0. The zero-order chi connectivity index (χ0) is 8.69. The molecular weight excluding hydrogens is 142 g/mol. The molecule has 0 heterocycles. The van der Waals surface area contributed by atoms with Crippen LogP contribution in [0.15, 0.2) is 0 Å². The van der Waals surface area contributed by atoms with Crippen LogP contribution < -0.4 is 0 Å². The Morgan fingerprint density at radius 1 is 1.45 bits per heavy atom. The Labute approximate surface area is 69.0 Å². The lowest BCUT2D eigenvalue weighted by molar-refractivity contribution is 0.0400. The fraction of sp³-hybridized carbons (Fsp3) is 1.00. The number of nitrogens with zero attached hydrogens (tertiary/aromatic N) is 1. The van der Waals surface area contributed by atoms with E-state index in [1.807, 2.05) is 21.0 Å². The van der Waals surface area contributed by atoms with E-state index in [2.05, 4.69) is 4.90 Å². The lowest BCUT2D eigenvalue weighted by Gasteiger charge is -2.14. The summed E-state index contributed by atoms with van der Waals surface area (Å²) in [6, 6.07) is 0. The summed E-state index contributed by atoms with van der Waals surface area (Å²) in [6.07, 6.45) is 0.910. The molecule has 3 nitrogen and oxygen atoms in total. The van der Waals surface area contributed by atoms with Gasteiger partial charge in [0.25, 0.3) is 0 Å². The molecule has 0 radical (unpaired) electrons. The minimum atomic E-state index is 0.181. The van der Waals surface area contributed by atoms with Crippen molar-refractivity contribution in [1.29, 1.82) is 0 Å². The number of likely N-dealkylation sites (N-methyl/N-ethyl adjacent to an activating group) is 1. The summed E-state index contributed by atoms with van der Waals surface area (Å²) in [5.74, 6) is 0. The highest BCUT2D eigenvalue weighted by Crippen LogP contribution is 1.95. The van der Waals surface area contributed by atoms with Crippen molar-refractivity contribution in [1.82, 2.24) is 4.90 Å². The van der Waals surface area contributed by atoms with Gasteiger partial charge in [0, 0.05) is 13.2 Å². The van der Waals surface area contributed by atoms with Crippen LogP contribution in [0.4, 0.5) is 0 Å². The van der Waals surface area contributed by atoms with E-state index in [9.17, 15) is 0 Å². The minimum absolute atomic E-state index is 0.181. The molecule has 0 aliphatic heterocycles. The van der Waals surface area contributed by atoms with Gasteiger partial charge < -0.3 is 14.7 Å². The van der Waals surface area contributed by atoms with Crippen molar-refractivity contribution in [3.63, 3.8) is 0 Å². The topological polar surface area (TPSA) is 32.7 Å². The van der Waals surface area contributed by atoms with Crippen LogP contribution >= 0.6 is 0 Å². The molecule has 0 aromatic carbocycles. The first-order chi connectivity index (χ1) is 5.16. The molecule has 0 rings (SSSR count). The molecule has 3 heteroatoms. The highest BCUT2D eigenvalue weighted by Gasteiger charge is 1.99. The first-order valence-corrected chi connectivity index (χ1v) is 4.04. The first kappa shape index (κ1) is 10.9. The maximum Gasteiger partial charge on any atom is 0.0596 e. The molecule has 0 amide bonds. The second-order valence-corrected chi connectivity index (χ2v) is 3.00. The van der Waals surface area contributed by atoms with Gasteiger partial charge in [-0.2, -0.15) is 0 Å². The minimum Gasteiger partial charge on any atom is -0.396 e. The fourth-order valence-corrected chi connectivity index (χ4v) is 0.702. The Balaban J connectivity index is 3.10. The van der Waals surface area contributed by atoms with Gasteiger partial charge in [0.2, 0.25) is 0 Å². The Hall–Kier alpha value is -0.120. The van der Waals surface area contributed by atoms with Crippen LogP contribution in [0.3, 0.4) is 0 Å². The van der Waals surface area contributed by atoms with E-state index in [1.54, 1.807) is 0 Å². The molecular formula is C8H19NO2. The Bertz CT molecular complexity index is 86.2. The summed E-state index contributed by atoms with van der Waals surface area (Å²) < 4.78 is 5.39. The molecule has 1 N–H and O–H groups in total. The van der Waals surface area contributed by atoms with Crippen LogP contribution in [0.5, 0.6) is 0 Å². The van der Waals surface area contributed by atoms with Crippen molar-refractivity contribution < 1.29 is 9.84 Å². The summed E-state index contributed by atoms with van der Waals surface area (Å²) in [5, 5.41) is 8.55. The molecule has 0 fully saturated rings. The Morgan fingerprint density at radius 3 is 2.55 bits per heavy atom. The summed E-state index contributed by atoms with van der Waals surface area (Å²) in [7, 11) is 4.03. The van der Waals surface area contributed by atoms with Crippen molar-refractivity contribution in [2.24, 2.45) is 0 Å². The van der Waals surface area contributed by atoms with E-state index in [0.29, 0.717) is 0 Å². The predicted octanol–water partition coefficient (Wildman–Crippen LogP) is 0.335.